The predicted molar refractivity (Wildman–Crippen MR) is 85.2 cm³/mol. The van der Waals surface area contributed by atoms with Crippen LogP contribution in [0.1, 0.15) is 43.6 Å². The minimum atomic E-state index is 0.259. The highest BCUT2D eigenvalue weighted by molar-refractivity contribution is 6.30. The molecule has 0 spiro atoms. The summed E-state index contributed by atoms with van der Waals surface area (Å²) in [7, 11) is 0. The first-order chi connectivity index (χ1) is 10.3. The van der Waals surface area contributed by atoms with Crippen LogP contribution < -0.4 is 10.1 Å². The van der Waals surface area contributed by atoms with Crippen molar-refractivity contribution in [2.24, 2.45) is 0 Å². The predicted octanol–water partition coefficient (Wildman–Crippen LogP) is 5.21. The van der Waals surface area contributed by atoms with Crippen LogP contribution in [0.25, 0.3) is 0 Å². The third-order valence-corrected chi connectivity index (χ3v) is 4.02. The maximum Gasteiger partial charge on any atom is 0.142 e. The van der Waals surface area contributed by atoms with Crippen molar-refractivity contribution in [3.63, 3.8) is 0 Å². The molecule has 21 heavy (non-hydrogen) atoms. The van der Waals surface area contributed by atoms with Crippen molar-refractivity contribution < 1.29 is 9.15 Å². The lowest BCUT2D eigenvalue weighted by Gasteiger charge is -2.25. The summed E-state index contributed by atoms with van der Waals surface area (Å²) in [4.78, 5) is 0. The Morgan fingerprint density at radius 2 is 2.29 bits per heavy atom. The van der Waals surface area contributed by atoms with Gasteiger partial charge in [-0.25, -0.2) is 0 Å². The first-order valence-electron chi connectivity index (χ1n) is 7.53. The molecule has 1 aliphatic carbocycles. The standard InChI is InChI=1S/C17H20ClNO2/c1-2-9-20-17-7-6-12(18)11-15(17)19-14-4-3-5-16-13(14)8-10-21-16/h6-8,10-11,14,19H,2-5,9H2,1H3. The van der Waals surface area contributed by atoms with E-state index in [0.29, 0.717) is 11.6 Å². The van der Waals surface area contributed by atoms with Gasteiger partial charge in [-0.15, -0.1) is 0 Å². The van der Waals surface area contributed by atoms with E-state index in [-0.39, 0.29) is 6.04 Å². The van der Waals surface area contributed by atoms with E-state index in [4.69, 9.17) is 20.8 Å². The SMILES string of the molecule is CCCOc1ccc(Cl)cc1NC1CCCc2occc21. The average Bonchev–Trinajstić information content (AvgIpc) is 2.96. The smallest absolute Gasteiger partial charge is 0.142 e. The molecule has 1 aliphatic rings. The summed E-state index contributed by atoms with van der Waals surface area (Å²) in [5.41, 5.74) is 2.21. The Labute approximate surface area is 130 Å². The van der Waals surface area contributed by atoms with E-state index in [1.165, 1.54) is 5.56 Å². The maximum absolute atomic E-state index is 6.13. The lowest BCUT2D eigenvalue weighted by Crippen LogP contribution is -2.16. The van der Waals surface area contributed by atoms with Crippen molar-refractivity contribution in [1.82, 2.24) is 0 Å². The van der Waals surface area contributed by atoms with Crippen molar-refractivity contribution in [2.75, 3.05) is 11.9 Å². The first kappa shape index (κ1) is 14.3. The summed E-state index contributed by atoms with van der Waals surface area (Å²) < 4.78 is 11.4. The number of rotatable bonds is 5. The Balaban J connectivity index is 1.83. The molecule has 0 saturated carbocycles. The fraction of sp³-hybridized carbons (Fsp3) is 0.412. The van der Waals surface area contributed by atoms with Gasteiger partial charge in [0.05, 0.1) is 24.6 Å². The number of hydrogen-bond acceptors (Lipinski definition) is 3. The van der Waals surface area contributed by atoms with Gasteiger partial charge in [0.15, 0.2) is 0 Å². The minimum Gasteiger partial charge on any atom is -0.491 e. The fourth-order valence-electron chi connectivity index (χ4n) is 2.78. The van der Waals surface area contributed by atoms with Gasteiger partial charge in [-0.05, 0) is 43.5 Å². The fourth-order valence-corrected chi connectivity index (χ4v) is 2.95. The van der Waals surface area contributed by atoms with Crippen LogP contribution in [-0.2, 0) is 6.42 Å². The van der Waals surface area contributed by atoms with Crippen LogP contribution in [-0.4, -0.2) is 6.61 Å². The van der Waals surface area contributed by atoms with Crippen molar-refractivity contribution in [3.05, 3.63) is 46.9 Å². The second kappa shape index (κ2) is 6.44. The highest BCUT2D eigenvalue weighted by Gasteiger charge is 2.23. The maximum atomic E-state index is 6.13. The topological polar surface area (TPSA) is 34.4 Å². The van der Waals surface area contributed by atoms with E-state index < -0.39 is 0 Å². The van der Waals surface area contributed by atoms with Crippen LogP contribution >= 0.6 is 11.6 Å². The molecule has 1 N–H and O–H groups in total. The van der Waals surface area contributed by atoms with Crippen LogP contribution in [0.15, 0.2) is 34.9 Å². The normalized spacial score (nSPS) is 17.3. The molecule has 1 atom stereocenters. The Kier molecular flexibility index (Phi) is 4.39. The third kappa shape index (κ3) is 3.18. The Morgan fingerprint density at radius 1 is 1.38 bits per heavy atom. The second-order valence-electron chi connectivity index (χ2n) is 5.38. The number of fused-ring (bicyclic) bond motifs is 1. The largest absolute Gasteiger partial charge is 0.491 e. The van der Waals surface area contributed by atoms with E-state index in [2.05, 4.69) is 18.3 Å². The minimum absolute atomic E-state index is 0.259. The number of ether oxygens (including phenoxy) is 1. The van der Waals surface area contributed by atoms with Gasteiger partial charge in [0.2, 0.25) is 0 Å². The number of halogens is 1. The molecule has 0 bridgehead atoms. The summed E-state index contributed by atoms with van der Waals surface area (Å²) in [6.45, 7) is 2.81. The number of furan rings is 1. The Bertz CT molecular complexity index is 609. The van der Waals surface area contributed by atoms with Gasteiger partial charge in [-0.2, -0.15) is 0 Å². The van der Waals surface area contributed by atoms with Crippen molar-refractivity contribution in [3.8, 4) is 5.75 Å². The van der Waals surface area contributed by atoms with E-state index in [1.807, 2.05) is 18.2 Å². The molecule has 4 heteroatoms. The molecule has 3 nitrogen and oxygen atoms in total. The third-order valence-electron chi connectivity index (χ3n) is 3.78. The average molecular weight is 306 g/mol. The molecule has 1 unspecified atom stereocenters. The molecular weight excluding hydrogens is 286 g/mol. The summed E-state index contributed by atoms with van der Waals surface area (Å²) in [5, 5.41) is 4.28. The highest BCUT2D eigenvalue weighted by Crippen LogP contribution is 2.37. The quantitative estimate of drug-likeness (QED) is 0.823. The van der Waals surface area contributed by atoms with Crippen LogP contribution in [0.2, 0.25) is 5.02 Å². The van der Waals surface area contributed by atoms with E-state index in [1.54, 1.807) is 6.26 Å². The van der Waals surface area contributed by atoms with Crippen LogP contribution in [0.4, 0.5) is 5.69 Å². The molecule has 2 aromatic rings. The Morgan fingerprint density at radius 3 is 3.14 bits per heavy atom. The molecule has 0 radical (unpaired) electrons. The lowest BCUT2D eigenvalue weighted by atomic mass is 9.93. The molecule has 0 aliphatic heterocycles. The van der Waals surface area contributed by atoms with Gasteiger partial charge in [0, 0.05) is 17.0 Å². The van der Waals surface area contributed by atoms with Gasteiger partial charge in [0.25, 0.3) is 0 Å². The van der Waals surface area contributed by atoms with Gasteiger partial charge in [-0.3, -0.25) is 0 Å². The summed E-state index contributed by atoms with van der Waals surface area (Å²) in [5.74, 6) is 1.95. The van der Waals surface area contributed by atoms with Crippen LogP contribution in [0, 0.1) is 0 Å². The van der Waals surface area contributed by atoms with Crippen molar-refractivity contribution >= 4 is 17.3 Å². The van der Waals surface area contributed by atoms with Crippen molar-refractivity contribution in [1.29, 1.82) is 0 Å². The zero-order valence-electron chi connectivity index (χ0n) is 12.2. The molecule has 112 valence electrons. The number of anilines is 1. The highest BCUT2D eigenvalue weighted by atomic mass is 35.5. The molecule has 0 fully saturated rings. The molecule has 3 rings (SSSR count). The van der Waals surface area contributed by atoms with E-state index >= 15 is 0 Å². The van der Waals surface area contributed by atoms with Crippen LogP contribution in [0.3, 0.4) is 0 Å². The van der Waals surface area contributed by atoms with Gasteiger partial charge >= 0.3 is 0 Å². The van der Waals surface area contributed by atoms with Gasteiger partial charge < -0.3 is 14.5 Å². The Hall–Kier alpha value is -1.61. The van der Waals surface area contributed by atoms with Gasteiger partial charge in [0.1, 0.15) is 11.5 Å². The van der Waals surface area contributed by atoms with E-state index in [9.17, 15) is 0 Å². The van der Waals surface area contributed by atoms with Crippen LogP contribution in [0.5, 0.6) is 5.75 Å². The molecule has 0 amide bonds. The van der Waals surface area contributed by atoms with Gasteiger partial charge in [-0.1, -0.05) is 18.5 Å². The monoisotopic (exact) mass is 305 g/mol. The van der Waals surface area contributed by atoms with Crippen molar-refractivity contribution in [2.45, 2.75) is 38.6 Å². The summed E-state index contributed by atoms with van der Waals surface area (Å²) >= 11 is 6.13. The number of hydrogen-bond donors (Lipinski definition) is 1. The molecule has 1 aromatic carbocycles. The molecular formula is C17H20ClNO2. The number of benzene rings is 1. The van der Waals surface area contributed by atoms with E-state index in [0.717, 1.165) is 42.9 Å². The first-order valence-corrected chi connectivity index (χ1v) is 7.91. The zero-order chi connectivity index (χ0) is 14.7. The lowest BCUT2D eigenvalue weighted by molar-refractivity contribution is 0.318. The second-order valence-corrected chi connectivity index (χ2v) is 5.81. The molecule has 1 aromatic heterocycles. The molecule has 1 heterocycles. The number of aryl methyl sites for hydroxylation is 1. The summed E-state index contributed by atoms with van der Waals surface area (Å²) in [6.07, 6.45) is 6.00. The molecule has 0 saturated heterocycles. The zero-order valence-corrected chi connectivity index (χ0v) is 13.0. The summed E-state index contributed by atoms with van der Waals surface area (Å²) in [6, 6.07) is 8.04. The number of nitrogens with one attached hydrogen (secondary N) is 1.